The largest absolute Gasteiger partial charge is 0.361 e. The number of piperidine rings is 2. The number of carbonyl (C=O) groups is 2. The van der Waals surface area contributed by atoms with Crippen molar-refractivity contribution in [2.45, 2.75) is 46.0 Å². The highest BCUT2D eigenvalue weighted by molar-refractivity contribution is 5.96. The lowest BCUT2D eigenvalue weighted by Gasteiger charge is -2.48. The lowest BCUT2D eigenvalue weighted by molar-refractivity contribution is -0.138. The van der Waals surface area contributed by atoms with Gasteiger partial charge in [0, 0.05) is 56.3 Å². The second kappa shape index (κ2) is 7.97. The van der Waals surface area contributed by atoms with Gasteiger partial charge in [-0.1, -0.05) is 11.2 Å². The lowest BCUT2D eigenvalue weighted by Crippen LogP contribution is -2.55. The standard InChI is InChI=1S/C22H28N4O3/c1-16-20(17(2)29-24-16)21(28)26-12-5-9-22(15-26)10-7-19(27)25(14-22)13-8-18-6-3-4-11-23-18/h3-4,6,11H,5,7-10,12-15H2,1-2H3/t22-/m1/s1. The molecule has 2 aromatic rings. The predicted molar refractivity (Wildman–Crippen MR) is 107 cm³/mol. The molecule has 2 saturated heterocycles. The monoisotopic (exact) mass is 396 g/mol. The van der Waals surface area contributed by atoms with Gasteiger partial charge in [0.05, 0.1) is 5.69 Å². The molecular weight excluding hydrogens is 368 g/mol. The van der Waals surface area contributed by atoms with Gasteiger partial charge in [0.1, 0.15) is 11.3 Å². The van der Waals surface area contributed by atoms with Gasteiger partial charge in [-0.3, -0.25) is 14.6 Å². The van der Waals surface area contributed by atoms with Crippen LogP contribution in [0.25, 0.3) is 0 Å². The summed E-state index contributed by atoms with van der Waals surface area (Å²) < 4.78 is 5.19. The SMILES string of the molecule is Cc1noc(C)c1C(=O)N1CCC[C@]2(CCC(=O)N(CCc3ccccn3)C2)C1. The summed E-state index contributed by atoms with van der Waals surface area (Å²) >= 11 is 0. The number of aromatic nitrogens is 2. The van der Waals surface area contributed by atoms with Crippen molar-refractivity contribution in [3.8, 4) is 0 Å². The summed E-state index contributed by atoms with van der Waals surface area (Å²) in [4.78, 5) is 33.9. The van der Waals surface area contributed by atoms with Crippen LogP contribution < -0.4 is 0 Å². The van der Waals surface area contributed by atoms with E-state index in [4.69, 9.17) is 4.52 Å². The summed E-state index contributed by atoms with van der Waals surface area (Å²) in [5.74, 6) is 0.779. The van der Waals surface area contributed by atoms with Crippen LogP contribution in [0.5, 0.6) is 0 Å². The van der Waals surface area contributed by atoms with E-state index in [0.717, 1.165) is 37.9 Å². The average molecular weight is 396 g/mol. The van der Waals surface area contributed by atoms with Gasteiger partial charge in [0.25, 0.3) is 5.91 Å². The molecule has 0 N–H and O–H groups in total. The van der Waals surface area contributed by atoms with Gasteiger partial charge in [0.2, 0.25) is 5.91 Å². The van der Waals surface area contributed by atoms with Crippen LogP contribution in [-0.2, 0) is 11.2 Å². The van der Waals surface area contributed by atoms with E-state index < -0.39 is 0 Å². The molecule has 1 spiro atoms. The fraction of sp³-hybridized carbons (Fsp3) is 0.545. The van der Waals surface area contributed by atoms with Crippen LogP contribution in [0, 0.1) is 19.3 Å². The number of nitrogens with zero attached hydrogens (tertiary/aromatic N) is 4. The van der Waals surface area contributed by atoms with E-state index in [1.165, 1.54) is 0 Å². The Labute approximate surface area is 171 Å². The molecule has 154 valence electrons. The van der Waals surface area contributed by atoms with E-state index >= 15 is 0 Å². The first-order valence-electron chi connectivity index (χ1n) is 10.4. The van der Waals surface area contributed by atoms with Gasteiger partial charge >= 0.3 is 0 Å². The number of carbonyl (C=O) groups excluding carboxylic acids is 2. The first kappa shape index (κ1) is 19.6. The van der Waals surface area contributed by atoms with E-state index in [1.807, 2.05) is 34.9 Å². The van der Waals surface area contributed by atoms with Crippen molar-refractivity contribution in [2.75, 3.05) is 26.2 Å². The van der Waals surface area contributed by atoms with Gasteiger partial charge in [0.15, 0.2) is 0 Å². The minimum Gasteiger partial charge on any atom is -0.361 e. The quantitative estimate of drug-likeness (QED) is 0.794. The zero-order valence-electron chi connectivity index (χ0n) is 17.2. The van der Waals surface area contributed by atoms with Crippen LogP contribution in [0.3, 0.4) is 0 Å². The Kier molecular flexibility index (Phi) is 5.39. The Morgan fingerprint density at radius 3 is 2.83 bits per heavy atom. The number of amides is 2. The number of aryl methyl sites for hydroxylation is 2. The van der Waals surface area contributed by atoms with Crippen LogP contribution in [0.15, 0.2) is 28.9 Å². The zero-order valence-corrected chi connectivity index (χ0v) is 17.2. The predicted octanol–water partition coefficient (Wildman–Crippen LogP) is 2.77. The molecule has 7 heteroatoms. The van der Waals surface area contributed by atoms with Crippen molar-refractivity contribution in [3.05, 3.63) is 47.1 Å². The van der Waals surface area contributed by atoms with Crippen molar-refractivity contribution in [2.24, 2.45) is 5.41 Å². The lowest BCUT2D eigenvalue weighted by atomic mass is 9.73. The van der Waals surface area contributed by atoms with Crippen LogP contribution in [0.2, 0.25) is 0 Å². The maximum atomic E-state index is 13.1. The van der Waals surface area contributed by atoms with Gasteiger partial charge in [-0.25, -0.2) is 0 Å². The molecule has 0 unspecified atom stereocenters. The first-order valence-corrected chi connectivity index (χ1v) is 10.4. The number of likely N-dealkylation sites (tertiary alicyclic amines) is 2. The molecule has 2 aromatic heterocycles. The summed E-state index contributed by atoms with van der Waals surface area (Å²) in [7, 11) is 0. The van der Waals surface area contributed by atoms with Crippen molar-refractivity contribution in [1.82, 2.24) is 19.9 Å². The summed E-state index contributed by atoms with van der Waals surface area (Å²) in [5.41, 5.74) is 2.20. The second-order valence-electron chi connectivity index (χ2n) is 8.42. The zero-order chi connectivity index (χ0) is 20.4. The molecule has 7 nitrogen and oxygen atoms in total. The fourth-order valence-electron chi connectivity index (χ4n) is 4.76. The van der Waals surface area contributed by atoms with Gasteiger partial charge < -0.3 is 14.3 Å². The van der Waals surface area contributed by atoms with Crippen LogP contribution in [0.1, 0.15) is 53.2 Å². The Morgan fingerprint density at radius 2 is 2.10 bits per heavy atom. The molecule has 0 bridgehead atoms. The highest BCUT2D eigenvalue weighted by atomic mass is 16.5. The molecular formula is C22H28N4O3. The third-order valence-electron chi connectivity index (χ3n) is 6.31. The van der Waals surface area contributed by atoms with Gasteiger partial charge in [-0.05, 0) is 45.2 Å². The smallest absolute Gasteiger partial charge is 0.259 e. The van der Waals surface area contributed by atoms with E-state index in [0.29, 0.717) is 43.1 Å². The van der Waals surface area contributed by atoms with E-state index in [9.17, 15) is 9.59 Å². The molecule has 29 heavy (non-hydrogen) atoms. The number of hydrogen-bond acceptors (Lipinski definition) is 5. The Balaban J connectivity index is 1.45. The number of rotatable bonds is 4. The molecule has 0 saturated carbocycles. The van der Waals surface area contributed by atoms with Gasteiger partial charge in [-0.2, -0.15) is 0 Å². The highest BCUT2D eigenvalue weighted by Gasteiger charge is 2.43. The normalized spacial score (nSPS) is 22.3. The Hall–Kier alpha value is -2.70. The van der Waals surface area contributed by atoms with Crippen LogP contribution in [-0.4, -0.2) is 57.9 Å². The minimum atomic E-state index is -0.0229. The maximum Gasteiger partial charge on any atom is 0.259 e. The maximum absolute atomic E-state index is 13.1. The minimum absolute atomic E-state index is 0.00254. The summed E-state index contributed by atoms with van der Waals surface area (Å²) in [6.45, 7) is 6.41. The van der Waals surface area contributed by atoms with E-state index in [1.54, 1.807) is 13.1 Å². The third-order valence-corrected chi connectivity index (χ3v) is 6.31. The third kappa shape index (κ3) is 4.04. The first-order chi connectivity index (χ1) is 14.0. The van der Waals surface area contributed by atoms with Gasteiger partial charge in [-0.15, -0.1) is 0 Å². The molecule has 1 atom stereocenters. The highest BCUT2D eigenvalue weighted by Crippen LogP contribution is 2.39. The van der Waals surface area contributed by atoms with E-state index in [-0.39, 0.29) is 17.2 Å². The molecule has 4 heterocycles. The molecule has 0 aliphatic carbocycles. The summed E-state index contributed by atoms with van der Waals surface area (Å²) in [6.07, 6.45) is 5.94. The molecule has 2 amide bonds. The fourth-order valence-corrected chi connectivity index (χ4v) is 4.76. The second-order valence-corrected chi connectivity index (χ2v) is 8.42. The topological polar surface area (TPSA) is 79.5 Å². The Bertz CT molecular complexity index is 875. The summed E-state index contributed by atoms with van der Waals surface area (Å²) in [6, 6.07) is 5.87. The van der Waals surface area contributed by atoms with Crippen molar-refractivity contribution < 1.29 is 14.1 Å². The molecule has 0 radical (unpaired) electrons. The average Bonchev–Trinajstić information content (AvgIpc) is 3.07. The van der Waals surface area contributed by atoms with Crippen molar-refractivity contribution >= 4 is 11.8 Å². The molecule has 2 fully saturated rings. The van der Waals surface area contributed by atoms with Crippen molar-refractivity contribution in [3.63, 3.8) is 0 Å². The number of pyridine rings is 1. The Morgan fingerprint density at radius 1 is 1.24 bits per heavy atom. The molecule has 4 rings (SSSR count). The molecule has 0 aromatic carbocycles. The molecule has 2 aliphatic heterocycles. The van der Waals surface area contributed by atoms with Crippen LogP contribution >= 0.6 is 0 Å². The molecule has 2 aliphatic rings. The van der Waals surface area contributed by atoms with Crippen molar-refractivity contribution in [1.29, 1.82) is 0 Å². The van der Waals surface area contributed by atoms with Crippen LogP contribution in [0.4, 0.5) is 0 Å². The number of hydrogen-bond donors (Lipinski definition) is 0. The summed E-state index contributed by atoms with van der Waals surface area (Å²) in [5, 5.41) is 3.93. The van der Waals surface area contributed by atoms with E-state index in [2.05, 4.69) is 10.1 Å².